The van der Waals surface area contributed by atoms with Crippen molar-refractivity contribution in [1.29, 1.82) is 0 Å². The summed E-state index contributed by atoms with van der Waals surface area (Å²) in [6.45, 7) is 7.75. The molecule has 0 fully saturated rings. The molecule has 0 aromatic rings. The minimum atomic E-state index is 0.194. The van der Waals surface area contributed by atoms with Gasteiger partial charge in [-0.1, -0.05) is 13.8 Å². The van der Waals surface area contributed by atoms with Crippen LogP contribution in [0.25, 0.3) is 0 Å². The average molecular weight is 244 g/mol. The van der Waals surface area contributed by atoms with Gasteiger partial charge in [0.1, 0.15) is 0 Å². The highest BCUT2D eigenvalue weighted by atomic mass is 16.5. The van der Waals surface area contributed by atoms with E-state index in [0.29, 0.717) is 12.3 Å². The van der Waals surface area contributed by atoms with Crippen molar-refractivity contribution >= 4 is 5.91 Å². The number of amides is 1. The highest BCUT2D eigenvalue weighted by Gasteiger charge is 2.02. The fourth-order valence-corrected chi connectivity index (χ4v) is 1.28. The summed E-state index contributed by atoms with van der Waals surface area (Å²) in [4.78, 5) is 12.9. The normalized spacial score (nSPS) is 10.9. The van der Waals surface area contributed by atoms with Crippen LogP contribution in [0.1, 0.15) is 33.1 Å². The third-order valence-corrected chi connectivity index (χ3v) is 2.51. The second kappa shape index (κ2) is 10.5. The summed E-state index contributed by atoms with van der Waals surface area (Å²) in [7, 11) is 3.58. The van der Waals surface area contributed by atoms with E-state index < -0.39 is 0 Å². The molecule has 17 heavy (non-hydrogen) atoms. The molecule has 1 amide bonds. The molecule has 102 valence electrons. The van der Waals surface area contributed by atoms with E-state index in [1.165, 1.54) is 0 Å². The summed E-state index contributed by atoms with van der Waals surface area (Å²) >= 11 is 0. The number of ether oxygens (including phenoxy) is 1. The molecule has 0 aromatic heterocycles. The molecule has 0 saturated heterocycles. The van der Waals surface area contributed by atoms with E-state index in [4.69, 9.17) is 4.74 Å². The highest BCUT2D eigenvalue weighted by Crippen LogP contribution is 1.98. The van der Waals surface area contributed by atoms with Gasteiger partial charge in [0.15, 0.2) is 0 Å². The minimum Gasteiger partial charge on any atom is -0.380 e. The van der Waals surface area contributed by atoms with Crippen LogP contribution >= 0.6 is 0 Å². The van der Waals surface area contributed by atoms with E-state index >= 15 is 0 Å². The van der Waals surface area contributed by atoms with Gasteiger partial charge in [-0.2, -0.15) is 0 Å². The van der Waals surface area contributed by atoms with Crippen LogP contribution in [-0.2, 0) is 9.53 Å². The van der Waals surface area contributed by atoms with E-state index in [1.807, 2.05) is 0 Å². The van der Waals surface area contributed by atoms with Crippen LogP contribution in [0.4, 0.5) is 0 Å². The maximum Gasteiger partial charge on any atom is 0.222 e. The van der Waals surface area contributed by atoms with Gasteiger partial charge in [0.05, 0.1) is 6.61 Å². The van der Waals surface area contributed by atoms with Crippen molar-refractivity contribution in [2.45, 2.75) is 33.1 Å². The van der Waals surface area contributed by atoms with Gasteiger partial charge in [-0.3, -0.25) is 4.79 Å². The van der Waals surface area contributed by atoms with Crippen LogP contribution < -0.4 is 5.32 Å². The first-order valence-electron chi connectivity index (χ1n) is 6.52. The Hall–Kier alpha value is -0.610. The molecule has 0 saturated carbocycles. The average Bonchev–Trinajstić information content (AvgIpc) is 2.25. The Balaban J connectivity index is 3.11. The molecule has 0 aliphatic rings. The molecule has 0 heterocycles. The van der Waals surface area contributed by atoms with Gasteiger partial charge in [0.25, 0.3) is 0 Å². The lowest BCUT2D eigenvalue weighted by molar-refractivity contribution is -0.128. The Bertz CT molecular complexity index is 194. The van der Waals surface area contributed by atoms with E-state index in [2.05, 4.69) is 19.2 Å². The predicted octanol–water partition coefficient (Wildman–Crippen LogP) is 1.51. The second-order valence-electron chi connectivity index (χ2n) is 4.94. The maximum absolute atomic E-state index is 11.3. The van der Waals surface area contributed by atoms with Crippen LogP contribution in [0.3, 0.4) is 0 Å². The molecular weight excluding hydrogens is 216 g/mol. The van der Waals surface area contributed by atoms with Gasteiger partial charge in [0.2, 0.25) is 5.91 Å². The largest absolute Gasteiger partial charge is 0.380 e. The molecule has 0 bridgehead atoms. The van der Waals surface area contributed by atoms with E-state index in [-0.39, 0.29) is 5.91 Å². The monoisotopic (exact) mass is 244 g/mol. The molecule has 0 aliphatic carbocycles. The molecule has 0 atom stereocenters. The third kappa shape index (κ3) is 11.6. The number of rotatable bonds is 10. The van der Waals surface area contributed by atoms with Gasteiger partial charge >= 0.3 is 0 Å². The molecule has 0 aromatic carbocycles. The van der Waals surface area contributed by atoms with E-state index in [9.17, 15) is 4.79 Å². The minimum absolute atomic E-state index is 0.194. The molecule has 4 nitrogen and oxygen atoms in total. The van der Waals surface area contributed by atoms with Crippen LogP contribution in [0, 0.1) is 5.92 Å². The number of carbonyl (C=O) groups excluding carboxylic acids is 1. The van der Waals surface area contributed by atoms with Gasteiger partial charge in [-0.05, 0) is 25.3 Å². The summed E-state index contributed by atoms with van der Waals surface area (Å²) in [6, 6.07) is 0. The smallest absolute Gasteiger partial charge is 0.222 e. The van der Waals surface area contributed by atoms with E-state index in [1.54, 1.807) is 19.0 Å². The summed E-state index contributed by atoms with van der Waals surface area (Å²) in [5.41, 5.74) is 0. The van der Waals surface area contributed by atoms with Crippen molar-refractivity contribution in [3.8, 4) is 0 Å². The van der Waals surface area contributed by atoms with Crippen molar-refractivity contribution in [3.05, 3.63) is 0 Å². The zero-order chi connectivity index (χ0) is 13.1. The standard InChI is InChI=1S/C13H28N2O2/c1-12(2)7-10-17-11-9-14-8-5-6-13(16)15(3)4/h12,14H,5-11H2,1-4H3. The lowest BCUT2D eigenvalue weighted by atomic mass is 10.1. The molecule has 0 radical (unpaired) electrons. The second-order valence-corrected chi connectivity index (χ2v) is 4.94. The molecular formula is C13H28N2O2. The first kappa shape index (κ1) is 16.4. The number of carbonyl (C=O) groups is 1. The van der Waals surface area contributed by atoms with Crippen LogP contribution in [0.15, 0.2) is 0 Å². The third-order valence-electron chi connectivity index (χ3n) is 2.51. The van der Waals surface area contributed by atoms with Crippen LogP contribution in [-0.4, -0.2) is 51.2 Å². The van der Waals surface area contributed by atoms with Crippen molar-refractivity contribution < 1.29 is 9.53 Å². The highest BCUT2D eigenvalue weighted by molar-refractivity contribution is 5.75. The summed E-state index contributed by atoms with van der Waals surface area (Å²) in [6.07, 6.45) is 2.63. The number of hydrogen-bond acceptors (Lipinski definition) is 3. The van der Waals surface area contributed by atoms with E-state index in [0.717, 1.165) is 39.1 Å². The molecule has 4 heteroatoms. The van der Waals surface area contributed by atoms with Gasteiger partial charge in [-0.25, -0.2) is 0 Å². The Morgan fingerprint density at radius 3 is 2.53 bits per heavy atom. The van der Waals surface area contributed by atoms with Crippen LogP contribution in [0.2, 0.25) is 0 Å². The molecule has 0 rings (SSSR count). The number of hydrogen-bond donors (Lipinski definition) is 1. The fourth-order valence-electron chi connectivity index (χ4n) is 1.28. The zero-order valence-corrected chi connectivity index (χ0v) is 11.8. The molecule has 0 spiro atoms. The quantitative estimate of drug-likeness (QED) is 0.592. The van der Waals surface area contributed by atoms with Crippen molar-refractivity contribution in [1.82, 2.24) is 10.2 Å². The lowest BCUT2D eigenvalue weighted by Crippen LogP contribution is -2.25. The maximum atomic E-state index is 11.3. The fraction of sp³-hybridized carbons (Fsp3) is 0.923. The van der Waals surface area contributed by atoms with Gasteiger partial charge in [-0.15, -0.1) is 0 Å². The Morgan fingerprint density at radius 2 is 1.94 bits per heavy atom. The number of nitrogens with zero attached hydrogens (tertiary/aromatic N) is 1. The van der Waals surface area contributed by atoms with Crippen molar-refractivity contribution in [3.63, 3.8) is 0 Å². The Morgan fingerprint density at radius 1 is 1.24 bits per heavy atom. The molecule has 1 N–H and O–H groups in total. The SMILES string of the molecule is CC(C)CCOCCNCCCC(=O)N(C)C. The summed E-state index contributed by atoms with van der Waals surface area (Å²) in [5.74, 6) is 0.903. The number of nitrogens with one attached hydrogen (secondary N) is 1. The zero-order valence-electron chi connectivity index (χ0n) is 11.8. The molecule has 0 aliphatic heterocycles. The van der Waals surface area contributed by atoms with Gasteiger partial charge < -0.3 is 15.0 Å². The van der Waals surface area contributed by atoms with Gasteiger partial charge in [0, 0.05) is 33.7 Å². The summed E-state index contributed by atoms with van der Waals surface area (Å²) < 4.78 is 5.47. The topological polar surface area (TPSA) is 41.6 Å². The van der Waals surface area contributed by atoms with Crippen molar-refractivity contribution in [2.75, 3.05) is 40.4 Å². The first-order chi connectivity index (χ1) is 8.04. The Labute approximate surface area is 106 Å². The molecule has 0 unspecified atom stereocenters. The van der Waals surface area contributed by atoms with Crippen LogP contribution in [0.5, 0.6) is 0 Å². The summed E-state index contributed by atoms with van der Waals surface area (Å²) in [5, 5.41) is 3.27. The first-order valence-corrected chi connectivity index (χ1v) is 6.52. The Kier molecular flexibility index (Phi) is 10.2. The lowest BCUT2D eigenvalue weighted by Gasteiger charge is -2.10. The van der Waals surface area contributed by atoms with Crippen molar-refractivity contribution in [2.24, 2.45) is 5.92 Å². The predicted molar refractivity (Wildman–Crippen MR) is 71.1 cm³/mol.